The number of benzene rings is 1. The number of aromatic nitrogens is 2. The molecule has 29 heavy (non-hydrogen) atoms. The van der Waals surface area contributed by atoms with E-state index in [4.69, 9.17) is 9.47 Å². The van der Waals surface area contributed by atoms with Crippen molar-refractivity contribution < 1.29 is 9.47 Å². The Kier molecular flexibility index (Phi) is 8.36. The fourth-order valence-corrected chi connectivity index (χ4v) is 3.31. The maximum Gasteiger partial charge on any atom is 0.191 e. The molecule has 0 aliphatic rings. The Morgan fingerprint density at radius 2 is 1.86 bits per heavy atom. The van der Waals surface area contributed by atoms with E-state index < -0.39 is 0 Å². The lowest BCUT2D eigenvalue weighted by molar-refractivity contribution is 0.287. The number of hydrogen-bond acceptors (Lipinski definition) is 4. The third kappa shape index (κ3) is 5.89. The maximum absolute atomic E-state index is 5.74. The van der Waals surface area contributed by atoms with E-state index in [0.29, 0.717) is 13.2 Å². The maximum atomic E-state index is 5.74. The zero-order valence-corrected chi connectivity index (χ0v) is 18.8. The second-order valence-corrected chi connectivity index (χ2v) is 6.96. The van der Waals surface area contributed by atoms with E-state index in [9.17, 15) is 0 Å². The summed E-state index contributed by atoms with van der Waals surface area (Å²) in [4.78, 5) is 4.36. The molecule has 2 aromatic rings. The molecule has 2 rings (SSSR count). The van der Waals surface area contributed by atoms with Gasteiger partial charge in [0.2, 0.25) is 0 Å². The fourth-order valence-electron chi connectivity index (χ4n) is 3.31. The smallest absolute Gasteiger partial charge is 0.191 e. The highest BCUT2D eigenvalue weighted by Gasteiger charge is 2.13. The van der Waals surface area contributed by atoms with Crippen molar-refractivity contribution in [3.05, 3.63) is 40.7 Å². The molecule has 1 unspecified atom stereocenters. The standard InChI is InChI=1S/C22H35N5O2/c1-8-28-20-11-10-18(14-21(20)29-9-2)15(3)25-22(23-6)24-13-12-19-16(4)26-27(7)17(19)5/h10-11,14-15H,8-9,12-13H2,1-7H3,(H2,23,24,25). The highest BCUT2D eigenvalue weighted by Crippen LogP contribution is 2.30. The molecule has 0 aliphatic heterocycles. The topological polar surface area (TPSA) is 72.7 Å². The number of ether oxygens (including phenoxy) is 2. The van der Waals surface area contributed by atoms with Gasteiger partial charge in [-0.3, -0.25) is 9.67 Å². The third-order valence-electron chi connectivity index (χ3n) is 4.97. The van der Waals surface area contributed by atoms with Gasteiger partial charge in [0.1, 0.15) is 0 Å². The molecule has 2 N–H and O–H groups in total. The Morgan fingerprint density at radius 1 is 1.17 bits per heavy atom. The molecule has 7 heteroatoms. The van der Waals surface area contributed by atoms with Crippen LogP contribution in [0, 0.1) is 13.8 Å². The first-order valence-electron chi connectivity index (χ1n) is 10.3. The van der Waals surface area contributed by atoms with E-state index in [1.54, 1.807) is 7.05 Å². The molecule has 0 aliphatic carbocycles. The predicted molar refractivity (Wildman–Crippen MR) is 118 cm³/mol. The number of aryl methyl sites for hydroxylation is 2. The highest BCUT2D eigenvalue weighted by atomic mass is 16.5. The summed E-state index contributed by atoms with van der Waals surface area (Å²) in [6.45, 7) is 12.2. The van der Waals surface area contributed by atoms with Crippen LogP contribution in [0.15, 0.2) is 23.2 Å². The number of aliphatic imine (C=N–C) groups is 1. The Bertz CT molecular complexity index is 829. The van der Waals surface area contributed by atoms with Gasteiger partial charge >= 0.3 is 0 Å². The third-order valence-corrected chi connectivity index (χ3v) is 4.97. The van der Waals surface area contributed by atoms with Gasteiger partial charge in [0.25, 0.3) is 0 Å². The van der Waals surface area contributed by atoms with Crippen LogP contribution in [0.25, 0.3) is 0 Å². The van der Waals surface area contributed by atoms with E-state index in [1.807, 2.05) is 37.7 Å². The Balaban J connectivity index is 1.98. The van der Waals surface area contributed by atoms with E-state index in [1.165, 1.54) is 11.3 Å². The number of hydrogen-bond donors (Lipinski definition) is 2. The molecule has 0 radical (unpaired) electrons. The van der Waals surface area contributed by atoms with Crippen molar-refractivity contribution in [3.8, 4) is 11.5 Å². The molecule has 1 heterocycles. The molecule has 1 atom stereocenters. The van der Waals surface area contributed by atoms with Crippen molar-refractivity contribution in [1.82, 2.24) is 20.4 Å². The van der Waals surface area contributed by atoms with E-state index in [-0.39, 0.29) is 6.04 Å². The van der Waals surface area contributed by atoms with Gasteiger partial charge < -0.3 is 20.1 Å². The SMILES string of the molecule is CCOc1ccc(C(C)NC(=NC)NCCc2c(C)nn(C)c2C)cc1OCC. The fraction of sp³-hybridized carbons (Fsp3) is 0.545. The van der Waals surface area contributed by atoms with Gasteiger partial charge in [-0.15, -0.1) is 0 Å². The Labute approximate surface area is 174 Å². The summed E-state index contributed by atoms with van der Waals surface area (Å²) in [5, 5.41) is 11.3. The first-order valence-corrected chi connectivity index (χ1v) is 10.3. The van der Waals surface area contributed by atoms with Crippen molar-refractivity contribution >= 4 is 5.96 Å². The molecular weight excluding hydrogens is 366 g/mol. The highest BCUT2D eigenvalue weighted by molar-refractivity contribution is 5.80. The van der Waals surface area contributed by atoms with Crippen LogP contribution in [0.3, 0.4) is 0 Å². The van der Waals surface area contributed by atoms with Crippen molar-refractivity contribution in [2.45, 2.75) is 47.1 Å². The van der Waals surface area contributed by atoms with E-state index >= 15 is 0 Å². The summed E-state index contributed by atoms with van der Waals surface area (Å²) in [5.41, 5.74) is 4.69. The van der Waals surface area contributed by atoms with Crippen LogP contribution >= 0.6 is 0 Å². The van der Waals surface area contributed by atoms with Crippen LogP contribution in [0.5, 0.6) is 11.5 Å². The van der Waals surface area contributed by atoms with Crippen molar-refractivity contribution in [1.29, 1.82) is 0 Å². The lowest BCUT2D eigenvalue weighted by atomic mass is 10.1. The molecule has 7 nitrogen and oxygen atoms in total. The zero-order valence-electron chi connectivity index (χ0n) is 18.8. The minimum absolute atomic E-state index is 0.0675. The second kappa shape index (κ2) is 10.7. The molecule has 0 amide bonds. The van der Waals surface area contributed by atoms with Crippen molar-refractivity contribution in [3.63, 3.8) is 0 Å². The largest absolute Gasteiger partial charge is 0.490 e. The number of rotatable bonds is 9. The Hall–Kier alpha value is -2.70. The zero-order chi connectivity index (χ0) is 21.4. The average Bonchev–Trinajstić information content (AvgIpc) is 2.94. The monoisotopic (exact) mass is 401 g/mol. The molecule has 0 fully saturated rings. The summed E-state index contributed by atoms with van der Waals surface area (Å²) in [6.07, 6.45) is 0.901. The average molecular weight is 402 g/mol. The normalized spacial score (nSPS) is 12.6. The molecular formula is C22H35N5O2. The van der Waals surface area contributed by atoms with Gasteiger partial charge in [0.05, 0.1) is 24.9 Å². The van der Waals surface area contributed by atoms with Crippen LogP contribution < -0.4 is 20.1 Å². The Morgan fingerprint density at radius 3 is 2.45 bits per heavy atom. The van der Waals surface area contributed by atoms with Gasteiger partial charge in [0, 0.05) is 26.3 Å². The minimum Gasteiger partial charge on any atom is -0.490 e. The summed E-state index contributed by atoms with van der Waals surface area (Å²) in [6, 6.07) is 6.12. The summed E-state index contributed by atoms with van der Waals surface area (Å²) in [7, 11) is 3.77. The predicted octanol–water partition coefficient (Wildman–Crippen LogP) is 3.30. The first kappa shape index (κ1) is 22.6. The number of nitrogens with one attached hydrogen (secondary N) is 2. The first-order chi connectivity index (χ1) is 13.9. The van der Waals surface area contributed by atoms with Crippen LogP contribution in [-0.2, 0) is 13.5 Å². The minimum atomic E-state index is 0.0675. The van der Waals surface area contributed by atoms with Crippen molar-refractivity contribution in [2.75, 3.05) is 26.8 Å². The molecule has 1 aromatic heterocycles. The molecule has 0 saturated heterocycles. The van der Waals surface area contributed by atoms with Gasteiger partial charge in [-0.25, -0.2) is 0 Å². The van der Waals surface area contributed by atoms with Crippen molar-refractivity contribution in [2.24, 2.45) is 12.0 Å². The number of nitrogens with zero attached hydrogens (tertiary/aromatic N) is 3. The lowest BCUT2D eigenvalue weighted by Crippen LogP contribution is -2.39. The molecule has 0 saturated carbocycles. The molecule has 1 aromatic carbocycles. The quantitative estimate of drug-likeness (QED) is 0.498. The summed E-state index contributed by atoms with van der Waals surface area (Å²) in [5.74, 6) is 2.31. The van der Waals surface area contributed by atoms with Gasteiger partial charge in [-0.2, -0.15) is 5.10 Å². The molecule has 0 spiro atoms. The lowest BCUT2D eigenvalue weighted by Gasteiger charge is -2.20. The number of guanidine groups is 1. The van der Waals surface area contributed by atoms with Crippen LogP contribution in [0.2, 0.25) is 0 Å². The van der Waals surface area contributed by atoms with E-state index in [0.717, 1.165) is 41.7 Å². The van der Waals surface area contributed by atoms with E-state index in [2.05, 4.69) is 47.6 Å². The van der Waals surface area contributed by atoms with Gasteiger partial charge in [-0.1, -0.05) is 6.07 Å². The second-order valence-electron chi connectivity index (χ2n) is 6.96. The molecule has 160 valence electrons. The van der Waals surface area contributed by atoms with Gasteiger partial charge in [0.15, 0.2) is 17.5 Å². The van der Waals surface area contributed by atoms with Gasteiger partial charge in [-0.05, 0) is 64.3 Å². The summed E-state index contributed by atoms with van der Waals surface area (Å²) >= 11 is 0. The molecule has 0 bridgehead atoms. The van der Waals surface area contributed by atoms with Crippen LogP contribution in [0.1, 0.15) is 49.3 Å². The summed E-state index contributed by atoms with van der Waals surface area (Å²) < 4.78 is 13.3. The van der Waals surface area contributed by atoms with Crippen LogP contribution in [-0.4, -0.2) is 42.5 Å². The van der Waals surface area contributed by atoms with Crippen LogP contribution in [0.4, 0.5) is 0 Å².